The van der Waals surface area contributed by atoms with Crippen molar-refractivity contribution < 1.29 is 23.1 Å². The molecule has 40 heavy (non-hydrogen) atoms. The number of fused-ring (bicyclic) bond motifs is 4. The van der Waals surface area contributed by atoms with Crippen LogP contribution in [-0.4, -0.2) is 51.0 Å². The molecule has 2 N–H and O–H groups in total. The fourth-order valence-corrected chi connectivity index (χ4v) is 8.29. The Morgan fingerprint density at radius 1 is 1.15 bits per heavy atom. The van der Waals surface area contributed by atoms with E-state index >= 15 is 0 Å². The molecule has 1 spiro atoms. The van der Waals surface area contributed by atoms with Gasteiger partial charge in [-0.2, -0.15) is 0 Å². The summed E-state index contributed by atoms with van der Waals surface area (Å²) in [6.07, 6.45) is 8.80. The van der Waals surface area contributed by atoms with Crippen molar-refractivity contribution in [1.82, 2.24) is 4.72 Å². The molecule has 2 aromatic carbocycles. The van der Waals surface area contributed by atoms with E-state index in [1.807, 2.05) is 12.1 Å². The number of aryl methyl sites for hydroxylation is 1. The predicted octanol–water partition coefficient (Wildman–Crippen LogP) is 5.00. The molecular weight excluding hydrogens is 548 g/mol. The number of sulfonamides is 1. The standard InChI is InChI=1S/C31H37ClN2O5S/c1-30-14-12-23(30)18-34-19-31(13-5-6-21-16-24(32)9-10-25(21)31)20-39-27-11-8-22(17-26(27)34)29(36)33-40(37,38)15-4-2-3-7-28(30)35/h2-3,8-11,16-17,23,28,35H,4-7,12-15,18-20H2,1H3,(H,33,36)/b3-2+/t23-,28+,30-,31-/m0/s1. The molecule has 6 rings (SSSR count). The van der Waals surface area contributed by atoms with Crippen LogP contribution in [0.1, 0.15) is 66.9 Å². The number of anilines is 1. The van der Waals surface area contributed by atoms with E-state index in [4.69, 9.17) is 16.3 Å². The zero-order valence-corrected chi connectivity index (χ0v) is 24.4. The van der Waals surface area contributed by atoms with Gasteiger partial charge >= 0.3 is 0 Å². The van der Waals surface area contributed by atoms with Crippen LogP contribution in [0, 0.1) is 11.3 Å². The summed E-state index contributed by atoms with van der Waals surface area (Å²) in [4.78, 5) is 15.4. The van der Waals surface area contributed by atoms with Gasteiger partial charge in [0.15, 0.2) is 0 Å². The van der Waals surface area contributed by atoms with E-state index in [2.05, 4.69) is 28.7 Å². The molecule has 1 amide bonds. The number of aliphatic hydroxyl groups excluding tert-OH is 1. The fraction of sp³-hybridized carbons (Fsp3) is 0.516. The van der Waals surface area contributed by atoms with Gasteiger partial charge in [-0.15, -0.1) is 0 Å². The van der Waals surface area contributed by atoms with Crippen molar-refractivity contribution >= 4 is 33.2 Å². The van der Waals surface area contributed by atoms with Crippen molar-refractivity contribution in [3.63, 3.8) is 0 Å². The molecule has 2 aromatic rings. The molecule has 0 saturated heterocycles. The fourth-order valence-electron chi connectivity index (χ4n) is 7.15. The van der Waals surface area contributed by atoms with Crippen LogP contribution in [0.4, 0.5) is 5.69 Å². The molecule has 2 bridgehead atoms. The number of hydrogen-bond acceptors (Lipinski definition) is 6. The summed E-state index contributed by atoms with van der Waals surface area (Å²) in [7, 11) is -3.81. The Morgan fingerprint density at radius 2 is 2.00 bits per heavy atom. The molecule has 4 atom stereocenters. The first-order valence-electron chi connectivity index (χ1n) is 14.3. The second-order valence-electron chi connectivity index (χ2n) is 12.3. The largest absolute Gasteiger partial charge is 0.490 e. The molecule has 2 aliphatic carbocycles. The Balaban J connectivity index is 1.43. The minimum absolute atomic E-state index is 0.197. The maximum atomic E-state index is 13.1. The van der Waals surface area contributed by atoms with Gasteiger partial charge in [-0.1, -0.05) is 36.7 Å². The molecule has 9 heteroatoms. The second kappa shape index (κ2) is 10.4. The number of allylic oxidation sites excluding steroid dienone is 1. The third-order valence-corrected chi connectivity index (χ3v) is 11.3. The highest BCUT2D eigenvalue weighted by molar-refractivity contribution is 7.90. The number of nitrogens with one attached hydrogen (secondary N) is 1. The van der Waals surface area contributed by atoms with Crippen molar-refractivity contribution in [2.45, 2.75) is 63.4 Å². The first-order valence-corrected chi connectivity index (χ1v) is 16.3. The van der Waals surface area contributed by atoms with Crippen molar-refractivity contribution in [3.05, 3.63) is 70.3 Å². The van der Waals surface area contributed by atoms with E-state index < -0.39 is 22.0 Å². The van der Waals surface area contributed by atoms with Gasteiger partial charge in [0.1, 0.15) is 5.75 Å². The SMILES string of the molecule is C[C@]12CC[C@H]1CN1C[C@@]3(CCCc4cc(Cl)ccc43)COc3ccc(cc31)C(=O)NS(=O)(=O)CC/C=C/C[C@H]2O. The number of aliphatic hydroxyl groups is 1. The normalized spacial score (nSPS) is 32.5. The smallest absolute Gasteiger partial charge is 0.264 e. The highest BCUT2D eigenvalue weighted by atomic mass is 35.5. The molecule has 7 nitrogen and oxygen atoms in total. The molecule has 0 radical (unpaired) electrons. The molecular formula is C31H37ClN2O5S. The highest BCUT2D eigenvalue weighted by Crippen LogP contribution is 2.52. The van der Waals surface area contributed by atoms with Gasteiger partial charge in [-0.05, 0) is 97.7 Å². The number of nitrogens with zero attached hydrogens (tertiary/aromatic N) is 1. The lowest BCUT2D eigenvalue weighted by Crippen LogP contribution is -2.53. The first kappa shape index (κ1) is 27.6. The van der Waals surface area contributed by atoms with Gasteiger partial charge in [0.2, 0.25) is 10.0 Å². The quantitative estimate of drug-likeness (QED) is 0.423. The number of benzene rings is 2. The Hall–Kier alpha value is -2.55. The van der Waals surface area contributed by atoms with E-state index in [9.17, 15) is 18.3 Å². The number of amides is 1. The number of ether oxygens (including phenoxy) is 1. The zero-order valence-electron chi connectivity index (χ0n) is 22.9. The second-order valence-corrected chi connectivity index (χ2v) is 14.6. The van der Waals surface area contributed by atoms with Gasteiger partial charge in [-0.25, -0.2) is 13.1 Å². The minimum Gasteiger partial charge on any atom is -0.490 e. The molecule has 2 aliphatic heterocycles. The number of halogens is 1. The Labute approximate surface area is 241 Å². The van der Waals surface area contributed by atoms with Gasteiger partial charge < -0.3 is 14.7 Å². The summed E-state index contributed by atoms with van der Waals surface area (Å²) in [5, 5.41) is 12.0. The van der Waals surface area contributed by atoms with Gasteiger partial charge in [0, 0.05) is 29.1 Å². The van der Waals surface area contributed by atoms with E-state index in [1.54, 1.807) is 24.3 Å². The summed E-state index contributed by atoms with van der Waals surface area (Å²) in [6.45, 7) is 4.07. The summed E-state index contributed by atoms with van der Waals surface area (Å²) >= 11 is 6.38. The summed E-state index contributed by atoms with van der Waals surface area (Å²) < 4.78 is 34.0. The number of carbonyl (C=O) groups excluding carboxylic acids is 1. The van der Waals surface area contributed by atoms with Crippen LogP contribution in [-0.2, 0) is 21.9 Å². The van der Waals surface area contributed by atoms with Gasteiger partial charge in [0.25, 0.3) is 5.91 Å². The molecule has 1 fully saturated rings. The average molecular weight is 585 g/mol. The Morgan fingerprint density at radius 3 is 2.80 bits per heavy atom. The third-order valence-electron chi connectivity index (χ3n) is 9.79. The highest BCUT2D eigenvalue weighted by Gasteiger charge is 2.49. The lowest BCUT2D eigenvalue weighted by molar-refractivity contribution is -0.0695. The van der Waals surface area contributed by atoms with Crippen LogP contribution in [0.25, 0.3) is 0 Å². The van der Waals surface area contributed by atoms with E-state index in [0.29, 0.717) is 31.9 Å². The summed E-state index contributed by atoms with van der Waals surface area (Å²) in [5.74, 6) is 0.109. The summed E-state index contributed by atoms with van der Waals surface area (Å²) in [6, 6.07) is 11.3. The van der Waals surface area contributed by atoms with E-state index in [1.165, 1.54) is 11.1 Å². The van der Waals surface area contributed by atoms with Crippen LogP contribution in [0.5, 0.6) is 5.75 Å². The zero-order chi connectivity index (χ0) is 28.1. The Kier molecular flexibility index (Phi) is 7.16. The Bertz CT molecular complexity index is 1460. The minimum atomic E-state index is -3.81. The van der Waals surface area contributed by atoms with Crippen LogP contribution in [0.2, 0.25) is 5.02 Å². The maximum absolute atomic E-state index is 13.1. The van der Waals surface area contributed by atoms with Crippen LogP contribution in [0.3, 0.4) is 0 Å². The van der Waals surface area contributed by atoms with Crippen LogP contribution < -0.4 is 14.4 Å². The van der Waals surface area contributed by atoms with Crippen LogP contribution in [0.15, 0.2) is 48.6 Å². The van der Waals surface area contributed by atoms with E-state index in [0.717, 1.165) is 42.8 Å². The average Bonchev–Trinajstić information content (AvgIpc) is 3.06. The van der Waals surface area contributed by atoms with Gasteiger partial charge in [0.05, 0.1) is 24.2 Å². The maximum Gasteiger partial charge on any atom is 0.264 e. The molecule has 0 aromatic heterocycles. The van der Waals surface area contributed by atoms with Crippen molar-refractivity contribution in [1.29, 1.82) is 0 Å². The lowest BCUT2D eigenvalue weighted by Gasteiger charge is -2.52. The van der Waals surface area contributed by atoms with Crippen molar-refractivity contribution in [2.75, 3.05) is 30.3 Å². The van der Waals surface area contributed by atoms with Crippen LogP contribution >= 0.6 is 11.6 Å². The first-order chi connectivity index (χ1) is 19.1. The number of carbonyl (C=O) groups is 1. The predicted molar refractivity (Wildman–Crippen MR) is 157 cm³/mol. The molecule has 4 aliphatic rings. The lowest BCUT2D eigenvalue weighted by atomic mass is 9.57. The van der Waals surface area contributed by atoms with Crippen molar-refractivity contribution in [3.8, 4) is 5.75 Å². The molecule has 0 unspecified atom stereocenters. The molecule has 214 valence electrons. The topological polar surface area (TPSA) is 95.9 Å². The number of rotatable bonds is 0. The monoisotopic (exact) mass is 584 g/mol. The molecule has 1 saturated carbocycles. The van der Waals surface area contributed by atoms with Gasteiger partial charge in [-0.3, -0.25) is 4.79 Å². The van der Waals surface area contributed by atoms with Crippen molar-refractivity contribution in [2.24, 2.45) is 11.3 Å². The molecule has 2 heterocycles. The number of hydrogen-bond donors (Lipinski definition) is 2. The third kappa shape index (κ3) is 5.03. The van der Waals surface area contributed by atoms with E-state index in [-0.39, 0.29) is 34.5 Å². The summed E-state index contributed by atoms with van der Waals surface area (Å²) in [5.41, 5.74) is 3.07.